The van der Waals surface area contributed by atoms with Crippen LogP contribution in [0.2, 0.25) is 0 Å². The Morgan fingerprint density at radius 2 is 1.50 bits per heavy atom. The number of hydrogen-bond donors (Lipinski definition) is 2. The van der Waals surface area contributed by atoms with Gasteiger partial charge in [-0.2, -0.15) is 0 Å². The number of aromatic hydroxyl groups is 2. The van der Waals surface area contributed by atoms with Gasteiger partial charge in [-0.25, -0.2) is 0 Å². The predicted molar refractivity (Wildman–Crippen MR) is 132 cm³/mol. The third-order valence-corrected chi connectivity index (χ3v) is 6.42. The van der Waals surface area contributed by atoms with Crippen LogP contribution >= 0.6 is 0 Å². The Hall–Kier alpha value is -2.75. The molecule has 32 heavy (non-hydrogen) atoms. The van der Waals surface area contributed by atoms with Crippen LogP contribution in [0, 0.1) is 0 Å². The minimum absolute atomic E-state index is 0.0919. The van der Waals surface area contributed by atoms with Crippen LogP contribution in [0.25, 0.3) is 6.08 Å². The van der Waals surface area contributed by atoms with Gasteiger partial charge in [0.25, 0.3) is 0 Å². The summed E-state index contributed by atoms with van der Waals surface area (Å²) in [7, 11) is 0. The fraction of sp³-hybridized carbons (Fsp3) is 0.464. The van der Waals surface area contributed by atoms with Crippen molar-refractivity contribution in [3.8, 4) is 17.2 Å². The van der Waals surface area contributed by atoms with Crippen LogP contribution in [0.1, 0.15) is 95.3 Å². The Morgan fingerprint density at radius 1 is 0.969 bits per heavy atom. The molecule has 0 heterocycles. The van der Waals surface area contributed by atoms with E-state index >= 15 is 0 Å². The molecule has 0 saturated carbocycles. The number of phenols is 2. The highest BCUT2D eigenvalue weighted by Crippen LogP contribution is 2.47. The van der Waals surface area contributed by atoms with Gasteiger partial charge in [0.2, 0.25) is 0 Å². The summed E-state index contributed by atoms with van der Waals surface area (Å²) in [6.45, 7) is 16.7. The molecule has 0 aliphatic heterocycles. The Kier molecular flexibility index (Phi) is 7.82. The van der Waals surface area contributed by atoms with E-state index in [4.69, 9.17) is 4.74 Å². The molecule has 4 nitrogen and oxygen atoms in total. The molecule has 0 spiro atoms. The van der Waals surface area contributed by atoms with Crippen molar-refractivity contribution < 1.29 is 19.7 Å². The molecule has 0 saturated heterocycles. The van der Waals surface area contributed by atoms with Crippen LogP contribution in [0.15, 0.2) is 36.4 Å². The van der Waals surface area contributed by atoms with Gasteiger partial charge in [0.05, 0.1) is 11.7 Å². The van der Waals surface area contributed by atoms with Gasteiger partial charge in [0.1, 0.15) is 17.2 Å². The lowest BCUT2D eigenvalue weighted by Crippen LogP contribution is -2.23. The normalized spacial score (nSPS) is 12.5. The van der Waals surface area contributed by atoms with Crippen LogP contribution in [-0.4, -0.2) is 22.1 Å². The van der Waals surface area contributed by atoms with Gasteiger partial charge in [-0.05, 0) is 80.0 Å². The molecule has 0 bridgehead atoms. The molecule has 2 N–H and O–H groups in total. The van der Waals surface area contributed by atoms with Crippen molar-refractivity contribution in [1.29, 1.82) is 0 Å². The van der Waals surface area contributed by atoms with Gasteiger partial charge in [-0.1, -0.05) is 41.5 Å². The highest BCUT2D eigenvalue weighted by atomic mass is 16.5. The fourth-order valence-corrected chi connectivity index (χ4v) is 3.47. The van der Waals surface area contributed by atoms with Gasteiger partial charge in [0, 0.05) is 16.7 Å². The average Bonchev–Trinajstić information content (AvgIpc) is 2.73. The summed E-state index contributed by atoms with van der Waals surface area (Å²) in [4.78, 5) is 12.8. The van der Waals surface area contributed by atoms with Crippen molar-refractivity contribution >= 4 is 11.9 Å². The second-order valence-electron chi connectivity index (χ2n) is 9.95. The van der Waals surface area contributed by atoms with Crippen molar-refractivity contribution in [3.05, 3.63) is 58.7 Å². The first-order valence-corrected chi connectivity index (χ1v) is 11.4. The number of phenolic OH excluding ortho intramolecular Hbond substituents is 2. The smallest absolute Gasteiger partial charge is 0.185 e. The minimum Gasteiger partial charge on any atom is -0.508 e. The number of ketones is 1. The summed E-state index contributed by atoms with van der Waals surface area (Å²) < 4.78 is 6.24. The van der Waals surface area contributed by atoms with Crippen LogP contribution in [0.3, 0.4) is 0 Å². The summed E-state index contributed by atoms with van der Waals surface area (Å²) >= 11 is 0. The topological polar surface area (TPSA) is 66.8 Å². The van der Waals surface area contributed by atoms with E-state index in [1.54, 1.807) is 18.2 Å². The zero-order valence-corrected chi connectivity index (χ0v) is 20.7. The zero-order chi connectivity index (χ0) is 24.3. The number of ether oxygens (including phenoxy) is 1. The van der Waals surface area contributed by atoms with E-state index in [0.29, 0.717) is 16.9 Å². The Labute approximate surface area is 193 Å². The SMILES string of the molecule is CCC(C)(C)c1cc(C(C)(C)CC)c(OC(C)C)c(/C=C/C(=O)c2ccc(O)cc2)c1O. The molecule has 0 unspecified atom stereocenters. The highest BCUT2D eigenvalue weighted by Gasteiger charge is 2.32. The summed E-state index contributed by atoms with van der Waals surface area (Å²) in [6.07, 6.45) is 4.78. The van der Waals surface area contributed by atoms with Crippen LogP contribution < -0.4 is 4.74 Å². The van der Waals surface area contributed by atoms with E-state index in [1.165, 1.54) is 18.2 Å². The van der Waals surface area contributed by atoms with Gasteiger partial charge in [-0.15, -0.1) is 0 Å². The number of rotatable bonds is 9. The van der Waals surface area contributed by atoms with E-state index in [9.17, 15) is 15.0 Å². The summed E-state index contributed by atoms with van der Waals surface area (Å²) in [5, 5.41) is 20.8. The molecule has 0 aliphatic carbocycles. The first kappa shape index (κ1) is 25.5. The number of benzene rings is 2. The van der Waals surface area contributed by atoms with Gasteiger partial charge >= 0.3 is 0 Å². The first-order valence-electron chi connectivity index (χ1n) is 11.4. The monoisotopic (exact) mass is 438 g/mol. The maximum atomic E-state index is 12.8. The molecule has 0 radical (unpaired) electrons. The van der Waals surface area contributed by atoms with Crippen molar-refractivity contribution in [2.24, 2.45) is 0 Å². The van der Waals surface area contributed by atoms with E-state index < -0.39 is 0 Å². The van der Waals surface area contributed by atoms with Gasteiger partial charge < -0.3 is 14.9 Å². The number of allylic oxidation sites excluding steroid dienone is 1. The molecule has 174 valence electrons. The van der Waals surface area contributed by atoms with E-state index in [-0.39, 0.29) is 34.2 Å². The van der Waals surface area contributed by atoms with Crippen LogP contribution in [0.5, 0.6) is 17.2 Å². The molecule has 0 aliphatic rings. The Bertz CT molecular complexity index is 979. The lowest BCUT2D eigenvalue weighted by atomic mass is 9.74. The zero-order valence-electron chi connectivity index (χ0n) is 20.7. The number of carbonyl (C=O) groups excluding carboxylic acids is 1. The van der Waals surface area contributed by atoms with Crippen LogP contribution in [-0.2, 0) is 10.8 Å². The lowest BCUT2D eigenvalue weighted by Gasteiger charge is -2.33. The Balaban J connectivity index is 2.76. The lowest BCUT2D eigenvalue weighted by molar-refractivity contribution is 0.104. The summed E-state index contributed by atoms with van der Waals surface area (Å²) in [5.74, 6) is 0.667. The van der Waals surface area contributed by atoms with Crippen molar-refractivity contribution in [3.63, 3.8) is 0 Å². The maximum Gasteiger partial charge on any atom is 0.185 e. The van der Waals surface area contributed by atoms with Crippen LogP contribution in [0.4, 0.5) is 0 Å². The molecule has 2 aromatic rings. The minimum atomic E-state index is -0.247. The van der Waals surface area contributed by atoms with E-state index in [0.717, 1.165) is 24.0 Å². The fourth-order valence-electron chi connectivity index (χ4n) is 3.47. The first-order chi connectivity index (χ1) is 14.8. The molecule has 0 fully saturated rings. The summed E-state index contributed by atoms with van der Waals surface area (Å²) in [6, 6.07) is 8.21. The largest absolute Gasteiger partial charge is 0.508 e. The second kappa shape index (κ2) is 9.81. The molecule has 0 amide bonds. The van der Waals surface area contributed by atoms with Crippen molar-refractivity contribution in [2.45, 2.75) is 85.2 Å². The van der Waals surface area contributed by atoms with Gasteiger partial charge in [0.15, 0.2) is 5.78 Å². The number of hydrogen-bond acceptors (Lipinski definition) is 4. The molecular weight excluding hydrogens is 400 g/mol. The van der Waals surface area contributed by atoms with E-state index in [2.05, 4.69) is 47.6 Å². The standard InChI is InChI=1S/C28H38O4/c1-9-27(5,6)22-17-23(28(7,8)10-2)26(32-18(3)4)21(25(22)31)15-16-24(30)19-11-13-20(29)14-12-19/h11-18,29,31H,9-10H2,1-8H3/b16-15+. The Morgan fingerprint density at radius 3 is 2.00 bits per heavy atom. The molecule has 4 heteroatoms. The highest BCUT2D eigenvalue weighted by molar-refractivity contribution is 6.07. The number of carbonyl (C=O) groups is 1. The summed E-state index contributed by atoms with van der Waals surface area (Å²) in [5.41, 5.74) is 2.44. The van der Waals surface area contributed by atoms with Gasteiger partial charge in [-0.3, -0.25) is 4.79 Å². The third kappa shape index (κ3) is 5.53. The quantitative estimate of drug-likeness (QED) is 0.322. The molecule has 0 aromatic heterocycles. The molecule has 2 aromatic carbocycles. The van der Waals surface area contributed by atoms with E-state index in [1.807, 2.05) is 13.8 Å². The van der Waals surface area contributed by atoms with Crippen molar-refractivity contribution in [1.82, 2.24) is 0 Å². The molecule has 2 rings (SSSR count). The maximum absolute atomic E-state index is 12.8. The second-order valence-corrected chi connectivity index (χ2v) is 9.95. The third-order valence-electron chi connectivity index (χ3n) is 6.42. The molecule has 0 atom stereocenters. The molecular formula is C28H38O4. The van der Waals surface area contributed by atoms with Crippen molar-refractivity contribution in [2.75, 3.05) is 0 Å². The average molecular weight is 439 g/mol. The predicted octanol–water partition coefficient (Wildman–Crippen LogP) is 7.16.